The minimum atomic E-state index is -1.38. The van der Waals surface area contributed by atoms with E-state index in [-0.39, 0.29) is 0 Å². The summed E-state index contributed by atoms with van der Waals surface area (Å²) in [5, 5.41) is 17.6. The van der Waals surface area contributed by atoms with Gasteiger partial charge < -0.3 is 19.7 Å². The number of carbonyl (C=O) groups excluding carboxylic acids is 2. The van der Waals surface area contributed by atoms with Gasteiger partial charge in [0, 0.05) is 7.11 Å². The van der Waals surface area contributed by atoms with Gasteiger partial charge in [0.05, 0.1) is 6.61 Å². The number of ketones is 1. The van der Waals surface area contributed by atoms with Crippen molar-refractivity contribution < 1.29 is 29.3 Å². The van der Waals surface area contributed by atoms with E-state index in [0.717, 1.165) is 0 Å². The number of ether oxygens (including phenoxy) is 2. The van der Waals surface area contributed by atoms with Crippen LogP contribution in [0.2, 0.25) is 0 Å². The van der Waals surface area contributed by atoms with Crippen molar-refractivity contribution >= 4 is 11.8 Å². The van der Waals surface area contributed by atoms with Gasteiger partial charge in [-0.2, -0.15) is 0 Å². The average molecular weight is 190 g/mol. The Kier molecular flexibility index (Phi) is 2.97. The summed E-state index contributed by atoms with van der Waals surface area (Å²) in [6, 6.07) is 0. The SMILES string of the molecule is COC1C(=O)OC(C(O)CO)C1=O. The smallest absolute Gasteiger partial charge is 0.344 e. The van der Waals surface area contributed by atoms with Gasteiger partial charge in [-0.15, -0.1) is 0 Å². The maximum absolute atomic E-state index is 11.2. The summed E-state index contributed by atoms with van der Waals surface area (Å²) in [7, 11) is 1.19. The van der Waals surface area contributed by atoms with Gasteiger partial charge in [0.2, 0.25) is 11.9 Å². The number of aliphatic hydroxyl groups is 2. The van der Waals surface area contributed by atoms with Gasteiger partial charge in [-0.25, -0.2) is 4.79 Å². The van der Waals surface area contributed by atoms with Gasteiger partial charge >= 0.3 is 5.97 Å². The topological polar surface area (TPSA) is 93.1 Å². The lowest BCUT2D eigenvalue weighted by Crippen LogP contribution is -2.37. The lowest BCUT2D eigenvalue weighted by atomic mass is 10.1. The van der Waals surface area contributed by atoms with Crippen LogP contribution in [0.1, 0.15) is 0 Å². The monoisotopic (exact) mass is 190 g/mol. The van der Waals surface area contributed by atoms with Crippen LogP contribution in [-0.2, 0) is 19.1 Å². The van der Waals surface area contributed by atoms with Gasteiger partial charge in [0.25, 0.3) is 0 Å². The highest BCUT2D eigenvalue weighted by molar-refractivity contribution is 6.09. The summed E-state index contributed by atoms with van der Waals surface area (Å²) >= 11 is 0. The summed E-state index contributed by atoms with van der Waals surface area (Å²) in [5.41, 5.74) is 0. The molecule has 1 heterocycles. The molecule has 13 heavy (non-hydrogen) atoms. The summed E-state index contributed by atoms with van der Waals surface area (Å²) < 4.78 is 9.05. The molecule has 6 heteroatoms. The van der Waals surface area contributed by atoms with E-state index < -0.39 is 36.7 Å². The first-order chi connectivity index (χ1) is 6.11. The molecule has 74 valence electrons. The molecule has 0 saturated carbocycles. The minimum Gasteiger partial charge on any atom is -0.449 e. The van der Waals surface area contributed by atoms with Gasteiger partial charge in [0.1, 0.15) is 6.10 Å². The largest absolute Gasteiger partial charge is 0.449 e. The highest BCUT2D eigenvalue weighted by Gasteiger charge is 2.46. The summed E-state index contributed by atoms with van der Waals surface area (Å²) in [4.78, 5) is 22.1. The molecule has 0 spiro atoms. The highest BCUT2D eigenvalue weighted by Crippen LogP contribution is 2.16. The Morgan fingerprint density at radius 2 is 2.23 bits per heavy atom. The zero-order valence-corrected chi connectivity index (χ0v) is 6.97. The van der Waals surface area contributed by atoms with E-state index in [9.17, 15) is 9.59 Å². The van der Waals surface area contributed by atoms with Crippen molar-refractivity contribution in [3.8, 4) is 0 Å². The van der Waals surface area contributed by atoms with Crippen LogP contribution in [0.3, 0.4) is 0 Å². The second-order valence-electron chi connectivity index (χ2n) is 2.63. The van der Waals surface area contributed by atoms with Crippen LogP contribution >= 0.6 is 0 Å². The van der Waals surface area contributed by atoms with E-state index in [1.54, 1.807) is 0 Å². The lowest BCUT2D eigenvalue weighted by molar-refractivity contribution is -0.152. The first-order valence-corrected chi connectivity index (χ1v) is 3.67. The summed E-state index contributed by atoms with van der Waals surface area (Å²) in [6.07, 6.45) is -3.95. The molecule has 0 bridgehead atoms. The number of aliphatic hydroxyl groups excluding tert-OH is 2. The molecule has 0 aromatic carbocycles. The number of hydrogen-bond acceptors (Lipinski definition) is 6. The average Bonchev–Trinajstić information content (AvgIpc) is 2.40. The summed E-state index contributed by atoms with van der Waals surface area (Å²) in [6.45, 7) is -0.639. The van der Waals surface area contributed by atoms with Crippen molar-refractivity contribution in [2.45, 2.75) is 18.3 Å². The molecular formula is C7H10O6. The fraction of sp³-hybridized carbons (Fsp3) is 0.714. The van der Waals surface area contributed by atoms with Crippen LogP contribution in [0, 0.1) is 0 Å². The quantitative estimate of drug-likeness (QED) is 0.389. The maximum atomic E-state index is 11.2. The molecule has 0 aromatic rings. The molecule has 0 aromatic heterocycles. The molecule has 1 saturated heterocycles. The highest BCUT2D eigenvalue weighted by atomic mass is 16.6. The number of carbonyl (C=O) groups is 2. The first-order valence-electron chi connectivity index (χ1n) is 3.67. The van der Waals surface area contributed by atoms with Crippen molar-refractivity contribution in [3.05, 3.63) is 0 Å². The summed E-state index contributed by atoms with van der Waals surface area (Å²) in [5.74, 6) is -1.49. The number of Topliss-reactive ketones (excluding diaryl/α,β-unsaturated/α-hetero) is 1. The Morgan fingerprint density at radius 1 is 1.62 bits per heavy atom. The van der Waals surface area contributed by atoms with Crippen molar-refractivity contribution in [1.29, 1.82) is 0 Å². The van der Waals surface area contributed by atoms with E-state index in [0.29, 0.717) is 0 Å². The second-order valence-corrected chi connectivity index (χ2v) is 2.63. The van der Waals surface area contributed by atoms with Crippen LogP contribution in [-0.4, -0.2) is 54.0 Å². The Labute approximate surface area is 74.1 Å². The van der Waals surface area contributed by atoms with Crippen molar-refractivity contribution in [2.24, 2.45) is 0 Å². The number of hydrogen-bond donors (Lipinski definition) is 2. The number of methoxy groups -OCH3 is 1. The van der Waals surface area contributed by atoms with Gasteiger partial charge in [-0.1, -0.05) is 0 Å². The predicted octanol–water partition coefficient (Wildman–Crippen LogP) is -2.15. The van der Waals surface area contributed by atoms with Crippen LogP contribution in [0.25, 0.3) is 0 Å². The lowest BCUT2D eigenvalue weighted by Gasteiger charge is -2.11. The molecule has 1 fully saturated rings. The predicted molar refractivity (Wildman–Crippen MR) is 38.8 cm³/mol. The van der Waals surface area contributed by atoms with E-state index in [1.165, 1.54) is 7.11 Å². The first kappa shape index (κ1) is 10.1. The van der Waals surface area contributed by atoms with Gasteiger partial charge in [0.15, 0.2) is 6.10 Å². The zero-order valence-electron chi connectivity index (χ0n) is 6.97. The Morgan fingerprint density at radius 3 is 2.62 bits per heavy atom. The molecule has 1 rings (SSSR count). The molecule has 3 atom stereocenters. The third-order valence-corrected chi connectivity index (χ3v) is 1.77. The van der Waals surface area contributed by atoms with Crippen molar-refractivity contribution in [2.75, 3.05) is 13.7 Å². The molecule has 1 aliphatic rings. The Hall–Kier alpha value is -0.980. The van der Waals surface area contributed by atoms with E-state index in [4.69, 9.17) is 10.2 Å². The molecule has 0 amide bonds. The Bertz CT molecular complexity index is 225. The Balaban J connectivity index is 2.72. The molecule has 6 nitrogen and oxygen atoms in total. The van der Waals surface area contributed by atoms with Crippen molar-refractivity contribution in [1.82, 2.24) is 0 Å². The van der Waals surface area contributed by atoms with E-state index in [2.05, 4.69) is 9.47 Å². The molecule has 0 radical (unpaired) electrons. The normalized spacial score (nSPS) is 30.4. The number of cyclic esters (lactones) is 1. The minimum absolute atomic E-state index is 0.639. The fourth-order valence-corrected chi connectivity index (χ4v) is 1.09. The third kappa shape index (κ3) is 1.69. The van der Waals surface area contributed by atoms with Gasteiger partial charge in [-0.3, -0.25) is 4.79 Å². The number of esters is 1. The van der Waals surface area contributed by atoms with Crippen LogP contribution in [0.15, 0.2) is 0 Å². The fourth-order valence-electron chi connectivity index (χ4n) is 1.09. The second kappa shape index (κ2) is 3.82. The van der Waals surface area contributed by atoms with Gasteiger partial charge in [-0.05, 0) is 0 Å². The van der Waals surface area contributed by atoms with Crippen LogP contribution in [0.4, 0.5) is 0 Å². The third-order valence-electron chi connectivity index (χ3n) is 1.77. The maximum Gasteiger partial charge on any atom is 0.344 e. The molecule has 0 aliphatic carbocycles. The number of rotatable bonds is 3. The zero-order chi connectivity index (χ0) is 10.0. The molecule has 2 N–H and O–H groups in total. The molecule has 3 unspecified atom stereocenters. The van der Waals surface area contributed by atoms with Crippen LogP contribution in [0.5, 0.6) is 0 Å². The van der Waals surface area contributed by atoms with E-state index in [1.807, 2.05) is 0 Å². The van der Waals surface area contributed by atoms with Crippen molar-refractivity contribution in [3.63, 3.8) is 0 Å². The molecular weight excluding hydrogens is 180 g/mol. The van der Waals surface area contributed by atoms with E-state index >= 15 is 0 Å². The standard InChI is InChI=1S/C7H10O6/c1-12-6-4(10)5(3(9)2-8)13-7(6)11/h3,5-6,8-9H,2H2,1H3. The van der Waals surface area contributed by atoms with Crippen LogP contribution < -0.4 is 0 Å². The molecule has 1 aliphatic heterocycles.